The van der Waals surface area contributed by atoms with Gasteiger partial charge in [-0.1, -0.05) is 54.6 Å². The number of hydrogen-bond donors (Lipinski definition) is 1. The molecule has 0 atom stereocenters. The van der Waals surface area contributed by atoms with Crippen LogP contribution in [-0.2, 0) is 0 Å². The highest BCUT2D eigenvalue weighted by Gasteiger charge is 2.12. The van der Waals surface area contributed by atoms with E-state index in [1.807, 2.05) is 37.3 Å². The van der Waals surface area contributed by atoms with Crippen LogP contribution in [-0.4, -0.2) is 18.3 Å². The van der Waals surface area contributed by atoms with E-state index in [9.17, 15) is 9.59 Å². The topological polar surface area (TPSA) is 55.4 Å². The van der Waals surface area contributed by atoms with Crippen molar-refractivity contribution in [1.29, 1.82) is 0 Å². The number of carbonyl (C=O) groups is 2. The second-order valence-electron chi connectivity index (χ2n) is 5.66. The molecule has 3 rings (SSSR count). The summed E-state index contributed by atoms with van der Waals surface area (Å²) in [6, 6.07) is 23.0. The van der Waals surface area contributed by atoms with Crippen molar-refractivity contribution < 1.29 is 14.3 Å². The summed E-state index contributed by atoms with van der Waals surface area (Å²) < 4.78 is 5.51. The lowest BCUT2D eigenvalue weighted by molar-refractivity contribution is 0.101. The molecule has 4 heteroatoms. The molecular weight excluding hydrogens is 326 g/mol. The highest BCUT2D eigenvalue weighted by atomic mass is 16.5. The van der Waals surface area contributed by atoms with E-state index in [0.717, 1.165) is 0 Å². The molecule has 0 aliphatic rings. The molecule has 0 radical (unpaired) electrons. The van der Waals surface area contributed by atoms with Gasteiger partial charge in [0.05, 0.1) is 12.3 Å². The molecule has 0 heterocycles. The normalized spacial score (nSPS) is 10.2. The number of anilines is 1. The van der Waals surface area contributed by atoms with Crippen molar-refractivity contribution in [3.63, 3.8) is 0 Å². The van der Waals surface area contributed by atoms with Gasteiger partial charge < -0.3 is 10.1 Å². The minimum atomic E-state index is -0.254. The Labute approximate surface area is 152 Å². The van der Waals surface area contributed by atoms with E-state index in [1.165, 1.54) is 0 Å². The Kier molecular flexibility index (Phi) is 5.44. The van der Waals surface area contributed by atoms with Gasteiger partial charge in [-0.25, -0.2) is 0 Å². The van der Waals surface area contributed by atoms with Crippen LogP contribution in [0.25, 0.3) is 0 Å². The first-order valence-electron chi connectivity index (χ1n) is 8.42. The fourth-order valence-corrected chi connectivity index (χ4v) is 2.57. The molecule has 3 aromatic rings. The van der Waals surface area contributed by atoms with Gasteiger partial charge in [0.1, 0.15) is 5.75 Å². The molecule has 3 aromatic carbocycles. The lowest BCUT2D eigenvalue weighted by atomic mass is 10.0. The molecule has 1 amide bonds. The third kappa shape index (κ3) is 3.98. The maximum atomic E-state index is 12.5. The third-order valence-electron chi connectivity index (χ3n) is 3.88. The Balaban J connectivity index is 1.74. The molecule has 0 aromatic heterocycles. The molecule has 0 aliphatic heterocycles. The SMILES string of the molecule is CCOc1ccccc1NC(=O)c1ccc(C(=O)c2ccccc2)cc1. The largest absolute Gasteiger partial charge is 0.492 e. The van der Waals surface area contributed by atoms with Crippen molar-refractivity contribution in [2.24, 2.45) is 0 Å². The molecule has 26 heavy (non-hydrogen) atoms. The first-order valence-corrected chi connectivity index (χ1v) is 8.42. The predicted molar refractivity (Wildman–Crippen MR) is 102 cm³/mol. The standard InChI is InChI=1S/C22H19NO3/c1-2-26-20-11-7-6-10-19(20)23-22(25)18-14-12-17(13-15-18)21(24)16-8-4-3-5-9-16/h3-15H,2H2,1H3,(H,23,25). The lowest BCUT2D eigenvalue weighted by Crippen LogP contribution is -2.13. The minimum Gasteiger partial charge on any atom is -0.492 e. The summed E-state index contributed by atoms with van der Waals surface area (Å²) in [5, 5.41) is 2.84. The van der Waals surface area contributed by atoms with Crippen LogP contribution in [0.3, 0.4) is 0 Å². The minimum absolute atomic E-state index is 0.0701. The molecule has 1 N–H and O–H groups in total. The van der Waals surface area contributed by atoms with Crippen LogP contribution in [0, 0.1) is 0 Å². The summed E-state index contributed by atoms with van der Waals surface area (Å²) in [6.07, 6.45) is 0. The first kappa shape index (κ1) is 17.4. The quantitative estimate of drug-likeness (QED) is 0.666. The second-order valence-corrected chi connectivity index (χ2v) is 5.66. The Hall–Kier alpha value is -3.40. The number of amides is 1. The third-order valence-corrected chi connectivity index (χ3v) is 3.88. The fraction of sp³-hybridized carbons (Fsp3) is 0.0909. The lowest BCUT2D eigenvalue weighted by Gasteiger charge is -2.11. The monoisotopic (exact) mass is 345 g/mol. The molecule has 0 unspecified atom stereocenters. The Morgan fingerprint density at radius 2 is 1.35 bits per heavy atom. The average Bonchev–Trinajstić information content (AvgIpc) is 2.70. The smallest absolute Gasteiger partial charge is 0.255 e. The van der Waals surface area contributed by atoms with Crippen LogP contribution in [0.5, 0.6) is 5.75 Å². The van der Waals surface area contributed by atoms with Gasteiger partial charge >= 0.3 is 0 Å². The van der Waals surface area contributed by atoms with Gasteiger partial charge in [-0.3, -0.25) is 9.59 Å². The maximum absolute atomic E-state index is 12.5. The Morgan fingerprint density at radius 1 is 0.769 bits per heavy atom. The fourth-order valence-electron chi connectivity index (χ4n) is 2.57. The van der Waals surface area contributed by atoms with Crippen molar-refractivity contribution >= 4 is 17.4 Å². The molecule has 0 spiro atoms. The van der Waals surface area contributed by atoms with Gasteiger partial charge in [0.25, 0.3) is 5.91 Å². The van der Waals surface area contributed by atoms with E-state index in [2.05, 4.69) is 5.32 Å². The number of carbonyl (C=O) groups excluding carboxylic acids is 2. The zero-order chi connectivity index (χ0) is 18.4. The van der Waals surface area contributed by atoms with Crippen molar-refractivity contribution in [2.45, 2.75) is 6.92 Å². The van der Waals surface area contributed by atoms with Gasteiger partial charge in [-0.2, -0.15) is 0 Å². The Morgan fingerprint density at radius 3 is 2.04 bits per heavy atom. The van der Waals surface area contributed by atoms with E-state index in [4.69, 9.17) is 4.74 Å². The molecule has 0 bridgehead atoms. The zero-order valence-corrected chi connectivity index (χ0v) is 14.4. The van der Waals surface area contributed by atoms with Crippen LogP contribution in [0.1, 0.15) is 33.2 Å². The number of benzene rings is 3. The first-order chi connectivity index (χ1) is 12.7. The van der Waals surface area contributed by atoms with Crippen LogP contribution in [0.15, 0.2) is 78.9 Å². The van der Waals surface area contributed by atoms with Crippen LogP contribution in [0.2, 0.25) is 0 Å². The molecule has 4 nitrogen and oxygen atoms in total. The number of para-hydroxylation sites is 2. The van der Waals surface area contributed by atoms with E-state index >= 15 is 0 Å². The highest BCUT2D eigenvalue weighted by molar-refractivity contribution is 6.10. The Bertz CT molecular complexity index is 902. The van der Waals surface area contributed by atoms with Gasteiger partial charge in [-0.15, -0.1) is 0 Å². The van der Waals surface area contributed by atoms with Crippen molar-refractivity contribution in [1.82, 2.24) is 0 Å². The van der Waals surface area contributed by atoms with Crippen LogP contribution >= 0.6 is 0 Å². The van der Waals surface area contributed by atoms with Crippen molar-refractivity contribution in [3.05, 3.63) is 95.6 Å². The van der Waals surface area contributed by atoms with Gasteiger partial charge in [0.15, 0.2) is 5.78 Å². The van der Waals surface area contributed by atoms with E-state index < -0.39 is 0 Å². The second kappa shape index (κ2) is 8.12. The van der Waals surface area contributed by atoms with Crippen molar-refractivity contribution in [3.8, 4) is 5.75 Å². The summed E-state index contributed by atoms with van der Waals surface area (Å²) >= 11 is 0. The number of ether oxygens (including phenoxy) is 1. The zero-order valence-electron chi connectivity index (χ0n) is 14.4. The predicted octanol–water partition coefficient (Wildman–Crippen LogP) is 4.57. The summed E-state index contributed by atoms with van der Waals surface area (Å²) in [4.78, 5) is 24.9. The van der Waals surface area contributed by atoms with Gasteiger partial charge in [0, 0.05) is 16.7 Å². The molecule has 0 aliphatic carbocycles. The number of nitrogens with one attached hydrogen (secondary N) is 1. The molecule has 0 saturated carbocycles. The molecule has 130 valence electrons. The van der Waals surface area contributed by atoms with Gasteiger partial charge in [0.2, 0.25) is 0 Å². The van der Waals surface area contributed by atoms with E-state index in [0.29, 0.717) is 34.7 Å². The summed E-state index contributed by atoms with van der Waals surface area (Å²) in [5.74, 6) is 0.300. The molecular formula is C22H19NO3. The molecule has 0 saturated heterocycles. The summed E-state index contributed by atoms with van der Waals surface area (Å²) in [6.45, 7) is 2.41. The van der Waals surface area contributed by atoms with Crippen molar-refractivity contribution in [2.75, 3.05) is 11.9 Å². The number of ketones is 1. The van der Waals surface area contributed by atoms with Crippen LogP contribution < -0.4 is 10.1 Å². The summed E-state index contributed by atoms with van der Waals surface area (Å²) in [7, 11) is 0. The average molecular weight is 345 g/mol. The summed E-state index contributed by atoms with van der Waals surface area (Å²) in [5.41, 5.74) is 2.25. The molecule has 0 fully saturated rings. The maximum Gasteiger partial charge on any atom is 0.255 e. The van der Waals surface area contributed by atoms with Crippen LogP contribution in [0.4, 0.5) is 5.69 Å². The number of rotatable bonds is 6. The van der Waals surface area contributed by atoms with E-state index in [1.54, 1.807) is 48.5 Å². The van der Waals surface area contributed by atoms with Gasteiger partial charge in [-0.05, 0) is 31.2 Å². The highest BCUT2D eigenvalue weighted by Crippen LogP contribution is 2.24. The number of hydrogen-bond acceptors (Lipinski definition) is 3. The van der Waals surface area contributed by atoms with E-state index in [-0.39, 0.29) is 11.7 Å².